The molecular weight excluding hydrogens is 244 g/mol. The highest BCUT2D eigenvalue weighted by Crippen LogP contribution is 2.21. The molecule has 0 bridgehead atoms. The minimum atomic E-state index is -0.0515. The Labute approximate surface area is 113 Å². The van der Waals surface area contributed by atoms with Crippen LogP contribution in [-0.2, 0) is 11.3 Å². The zero-order valence-corrected chi connectivity index (χ0v) is 12.1. The van der Waals surface area contributed by atoms with Gasteiger partial charge in [-0.3, -0.25) is 9.69 Å². The van der Waals surface area contributed by atoms with E-state index in [1.807, 2.05) is 13.8 Å². The second kappa shape index (κ2) is 5.69. The monoisotopic (exact) mass is 266 g/mol. The topological polar surface area (TPSA) is 62.5 Å². The number of aromatic nitrogens is 2. The fourth-order valence-electron chi connectivity index (χ4n) is 2.33. The van der Waals surface area contributed by atoms with Crippen LogP contribution in [0.1, 0.15) is 44.4 Å². The lowest BCUT2D eigenvalue weighted by atomic mass is 10.2. The lowest BCUT2D eigenvalue weighted by Crippen LogP contribution is -2.42. The predicted octanol–water partition coefficient (Wildman–Crippen LogP) is 1.25. The summed E-state index contributed by atoms with van der Waals surface area (Å²) in [6.07, 6.45) is 1.94. The van der Waals surface area contributed by atoms with Crippen LogP contribution >= 0.6 is 0 Å². The lowest BCUT2D eigenvalue weighted by molar-refractivity contribution is -0.133. The maximum atomic E-state index is 12.1. The highest BCUT2D eigenvalue weighted by molar-refractivity contribution is 5.81. The molecule has 1 amide bonds. The van der Waals surface area contributed by atoms with Gasteiger partial charge >= 0.3 is 0 Å². The molecule has 1 aromatic heterocycles. The fraction of sp³-hybridized carbons (Fsp3) is 0.769. The number of carbonyl (C=O) groups is 1. The van der Waals surface area contributed by atoms with E-state index in [0.717, 1.165) is 19.4 Å². The van der Waals surface area contributed by atoms with Crippen molar-refractivity contribution in [1.29, 1.82) is 0 Å². The van der Waals surface area contributed by atoms with Crippen molar-refractivity contribution in [2.45, 2.75) is 45.2 Å². The molecule has 0 radical (unpaired) electrons. The van der Waals surface area contributed by atoms with Gasteiger partial charge in [0.15, 0.2) is 0 Å². The normalized spacial score (nSPS) is 20.2. The van der Waals surface area contributed by atoms with Crippen LogP contribution in [0.3, 0.4) is 0 Å². The van der Waals surface area contributed by atoms with Gasteiger partial charge in [-0.25, -0.2) is 0 Å². The van der Waals surface area contributed by atoms with Crippen LogP contribution in [0.25, 0.3) is 0 Å². The Morgan fingerprint density at radius 3 is 2.79 bits per heavy atom. The summed E-state index contributed by atoms with van der Waals surface area (Å²) in [6.45, 7) is 5.50. The third kappa shape index (κ3) is 3.12. The average Bonchev–Trinajstić information content (AvgIpc) is 2.97. The number of likely N-dealkylation sites (N-methyl/N-ethyl adjacent to an activating group) is 1. The molecule has 0 unspecified atom stereocenters. The number of carbonyl (C=O) groups excluding carboxylic acids is 1. The van der Waals surface area contributed by atoms with Crippen LogP contribution in [0.4, 0.5) is 0 Å². The van der Waals surface area contributed by atoms with Gasteiger partial charge in [-0.2, -0.15) is 0 Å². The lowest BCUT2D eigenvalue weighted by Gasteiger charge is -2.24. The third-order valence-corrected chi connectivity index (χ3v) is 3.40. The van der Waals surface area contributed by atoms with Crippen molar-refractivity contribution >= 4 is 5.91 Å². The summed E-state index contributed by atoms with van der Waals surface area (Å²) in [4.78, 5) is 15.9. The van der Waals surface area contributed by atoms with E-state index in [1.165, 1.54) is 0 Å². The molecular formula is C13H22N4O2. The molecule has 0 spiro atoms. The van der Waals surface area contributed by atoms with Crippen LogP contribution in [0.5, 0.6) is 0 Å². The molecule has 1 aliphatic heterocycles. The molecule has 19 heavy (non-hydrogen) atoms. The largest absolute Gasteiger partial charge is 0.424 e. The molecule has 6 nitrogen and oxygen atoms in total. The van der Waals surface area contributed by atoms with Gasteiger partial charge in [0.2, 0.25) is 17.7 Å². The molecule has 1 fully saturated rings. The van der Waals surface area contributed by atoms with Gasteiger partial charge < -0.3 is 9.32 Å². The van der Waals surface area contributed by atoms with E-state index in [2.05, 4.69) is 15.1 Å². The first-order valence-corrected chi connectivity index (χ1v) is 6.76. The first-order valence-electron chi connectivity index (χ1n) is 6.76. The minimum Gasteiger partial charge on any atom is -0.424 e. The highest BCUT2D eigenvalue weighted by Gasteiger charge is 2.32. The SMILES string of the molecule is CC(C)c1nnc(CN2CCC[C@@H]2C(=O)N(C)C)o1. The van der Waals surface area contributed by atoms with E-state index in [4.69, 9.17) is 4.42 Å². The van der Waals surface area contributed by atoms with E-state index < -0.39 is 0 Å². The van der Waals surface area contributed by atoms with Crippen LogP contribution < -0.4 is 0 Å². The zero-order chi connectivity index (χ0) is 14.0. The number of hydrogen-bond donors (Lipinski definition) is 0. The zero-order valence-electron chi connectivity index (χ0n) is 12.1. The summed E-state index contributed by atoms with van der Waals surface area (Å²) in [7, 11) is 3.59. The number of nitrogens with zero attached hydrogens (tertiary/aromatic N) is 4. The van der Waals surface area contributed by atoms with Crippen LogP contribution in [0.2, 0.25) is 0 Å². The first kappa shape index (κ1) is 14.0. The third-order valence-electron chi connectivity index (χ3n) is 3.40. The summed E-state index contributed by atoms with van der Waals surface area (Å²) in [5.74, 6) is 1.65. The molecule has 0 N–H and O–H groups in total. The fourth-order valence-corrected chi connectivity index (χ4v) is 2.33. The molecule has 0 saturated carbocycles. The van der Waals surface area contributed by atoms with E-state index in [0.29, 0.717) is 18.3 Å². The van der Waals surface area contributed by atoms with E-state index in [9.17, 15) is 4.79 Å². The van der Waals surface area contributed by atoms with Crippen LogP contribution in [-0.4, -0.2) is 52.6 Å². The van der Waals surface area contributed by atoms with Gasteiger partial charge in [0.05, 0.1) is 12.6 Å². The van der Waals surface area contributed by atoms with Gasteiger partial charge in [0.25, 0.3) is 0 Å². The van der Waals surface area contributed by atoms with E-state index in [-0.39, 0.29) is 17.9 Å². The van der Waals surface area contributed by atoms with E-state index >= 15 is 0 Å². The smallest absolute Gasteiger partial charge is 0.239 e. The van der Waals surface area contributed by atoms with Crippen molar-refractivity contribution in [3.8, 4) is 0 Å². The Kier molecular flexibility index (Phi) is 4.19. The van der Waals surface area contributed by atoms with Crippen molar-refractivity contribution in [1.82, 2.24) is 20.0 Å². The van der Waals surface area contributed by atoms with Crippen LogP contribution in [0, 0.1) is 0 Å². The Bertz CT molecular complexity index is 442. The molecule has 0 aliphatic carbocycles. The van der Waals surface area contributed by atoms with Crippen molar-refractivity contribution in [2.75, 3.05) is 20.6 Å². The summed E-state index contributed by atoms with van der Waals surface area (Å²) >= 11 is 0. The number of amides is 1. The number of hydrogen-bond acceptors (Lipinski definition) is 5. The summed E-state index contributed by atoms with van der Waals surface area (Å²) in [5.41, 5.74) is 0. The van der Waals surface area contributed by atoms with Crippen LogP contribution in [0.15, 0.2) is 4.42 Å². The summed E-state index contributed by atoms with van der Waals surface area (Å²) in [6, 6.07) is -0.0515. The second-order valence-electron chi connectivity index (χ2n) is 5.55. The van der Waals surface area contributed by atoms with Gasteiger partial charge in [-0.1, -0.05) is 13.8 Å². The molecule has 0 aromatic carbocycles. The summed E-state index contributed by atoms with van der Waals surface area (Å²) in [5, 5.41) is 8.08. The Morgan fingerprint density at radius 2 is 2.21 bits per heavy atom. The average molecular weight is 266 g/mol. The number of rotatable bonds is 4. The van der Waals surface area contributed by atoms with E-state index in [1.54, 1.807) is 19.0 Å². The molecule has 1 aromatic rings. The van der Waals surface area contributed by atoms with Gasteiger partial charge in [-0.05, 0) is 19.4 Å². The predicted molar refractivity (Wildman–Crippen MR) is 70.5 cm³/mol. The van der Waals surface area contributed by atoms with Gasteiger partial charge in [0, 0.05) is 20.0 Å². The Balaban J connectivity index is 2.02. The van der Waals surface area contributed by atoms with Gasteiger partial charge in [-0.15, -0.1) is 10.2 Å². The van der Waals surface area contributed by atoms with Crippen molar-refractivity contribution in [3.63, 3.8) is 0 Å². The minimum absolute atomic E-state index is 0.0515. The molecule has 6 heteroatoms. The Hall–Kier alpha value is -1.43. The van der Waals surface area contributed by atoms with Crippen molar-refractivity contribution in [2.24, 2.45) is 0 Å². The maximum absolute atomic E-state index is 12.1. The number of likely N-dealkylation sites (tertiary alicyclic amines) is 1. The van der Waals surface area contributed by atoms with Crippen molar-refractivity contribution < 1.29 is 9.21 Å². The molecule has 106 valence electrons. The molecule has 2 rings (SSSR count). The first-order chi connectivity index (χ1) is 8.99. The van der Waals surface area contributed by atoms with Gasteiger partial charge in [0.1, 0.15) is 0 Å². The standard InChI is InChI=1S/C13H22N4O2/c1-9(2)12-15-14-11(19-12)8-17-7-5-6-10(17)13(18)16(3)4/h9-10H,5-8H2,1-4H3/t10-/m1/s1. The second-order valence-corrected chi connectivity index (χ2v) is 5.55. The Morgan fingerprint density at radius 1 is 1.47 bits per heavy atom. The molecule has 1 aliphatic rings. The molecule has 2 heterocycles. The quantitative estimate of drug-likeness (QED) is 0.820. The van der Waals surface area contributed by atoms with Crippen molar-refractivity contribution in [3.05, 3.63) is 11.8 Å². The maximum Gasteiger partial charge on any atom is 0.239 e. The molecule has 1 atom stereocenters. The highest BCUT2D eigenvalue weighted by atomic mass is 16.4. The summed E-state index contributed by atoms with van der Waals surface area (Å²) < 4.78 is 5.61. The molecule has 1 saturated heterocycles.